The van der Waals surface area contributed by atoms with Gasteiger partial charge < -0.3 is 24.2 Å². The lowest BCUT2D eigenvalue weighted by Gasteiger charge is -2.27. The number of hydrogen-bond donors (Lipinski definition) is 2. The number of amides is 1. The molecule has 0 unspecified atom stereocenters. The number of phenols is 1. The smallest absolute Gasteiger partial charge is 0.273 e. The molecular formula is C26H29N3O5. The molecule has 0 saturated carbocycles. The number of nitrogens with one attached hydrogen (secondary N) is 1. The first-order valence-electron chi connectivity index (χ1n) is 11.3. The van der Waals surface area contributed by atoms with E-state index in [1.165, 1.54) is 0 Å². The van der Waals surface area contributed by atoms with E-state index in [1.54, 1.807) is 31.4 Å². The normalized spacial score (nSPS) is 14.8. The van der Waals surface area contributed by atoms with E-state index >= 15 is 0 Å². The summed E-state index contributed by atoms with van der Waals surface area (Å²) in [4.78, 5) is 15.2. The Kier molecular flexibility index (Phi) is 7.18. The van der Waals surface area contributed by atoms with Gasteiger partial charge in [-0.1, -0.05) is 30.9 Å². The second-order valence-corrected chi connectivity index (χ2v) is 7.84. The average molecular weight is 464 g/mol. The Morgan fingerprint density at radius 1 is 1.24 bits per heavy atom. The Morgan fingerprint density at radius 3 is 2.79 bits per heavy atom. The van der Waals surface area contributed by atoms with E-state index in [4.69, 9.17) is 14.2 Å². The van der Waals surface area contributed by atoms with Crippen LogP contribution in [0, 0.1) is 0 Å². The predicted octanol–water partition coefficient (Wildman–Crippen LogP) is 4.33. The van der Waals surface area contributed by atoms with E-state index in [-0.39, 0.29) is 11.7 Å². The highest BCUT2D eigenvalue weighted by molar-refractivity contribution is 6.00. The number of hydrogen-bond acceptors (Lipinski definition) is 6. The molecule has 0 fully saturated rings. The second kappa shape index (κ2) is 10.4. The highest BCUT2D eigenvalue weighted by atomic mass is 16.5. The highest BCUT2D eigenvalue weighted by Crippen LogP contribution is 2.45. The number of carbonyl (C=O) groups excluding carboxylic acids is 1. The Labute approximate surface area is 198 Å². The maximum atomic E-state index is 13.4. The van der Waals surface area contributed by atoms with Crippen molar-refractivity contribution in [3.05, 3.63) is 71.9 Å². The van der Waals surface area contributed by atoms with E-state index in [1.807, 2.05) is 36.1 Å². The molecule has 0 bridgehead atoms. The Hall–Kier alpha value is -3.78. The number of para-hydroxylation sites is 1. The number of benzene rings is 2. The maximum absolute atomic E-state index is 13.4. The summed E-state index contributed by atoms with van der Waals surface area (Å²) < 4.78 is 16.8. The predicted molar refractivity (Wildman–Crippen MR) is 128 cm³/mol. The fraction of sp³-hybridized carbons (Fsp3) is 0.308. The molecule has 0 radical (unpaired) electrons. The molecule has 8 nitrogen and oxygen atoms in total. The summed E-state index contributed by atoms with van der Waals surface area (Å²) in [6.07, 6.45) is 2.36. The van der Waals surface area contributed by atoms with E-state index in [0.717, 1.165) is 11.1 Å². The molecule has 8 heteroatoms. The summed E-state index contributed by atoms with van der Waals surface area (Å²) >= 11 is 0. The molecule has 178 valence electrons. The van der Waals surface area contributed by atoms with Crippen molar-refractivity contribution in [2.45, 2.75) is 19.4 Å². The molecule has 0 aliphatic carbocycles. The molecule has 1 atom stereocenters. The first kappa shape index (κ1) is 23.4. The van der Waals surface area contributed by atoms with E-state index in [2.05, 4.69) is 16.8 Å². The van der Waals surface area contributed by atoms with Gasteiger partial charge in [0.1, 0.15) is 23.7 Å². The lowest BCUT2D eigenvalue weighted by molar-refractivity contribution is 0.0710. The fourth-order valence-electron chi connectivity index (χ4n) is 4.26. The van der Waals surface area contributed by atoms with Gasteiger partial charge in [0.15, 0.2) is 11.5 Å². The minimum Gasteiger partial charge on any atom is -0.507 e. The summed E-state index contributed by atoms with van der Waals surface area (Å²) in [7, 11) is 1.58. The average Bonchev–Trinajstić information content (AvgIpc) is 3.39. The molecule has 1 aliphatic heterocycles. The van der Waals surface area contributed by atoms with E-state index in [0.29, 0.717) is 61.2 Å². The second-order valence-electron chi connectivity index (χ2n) is 7.84. The number of methoxy groups -OCH3 is 1. The molecule has 3 aromatic rings. The van der Waals surface area contributed by atoms with Gasteiger partial charge in [0.25, 0.3) is 5.91 Å². The third-order valence-corrected chi connectivity index (χ3v) is 5.77. The number of ether oxygens (including phenoxy) is 3. The highest BCUT2D eigenvalue weighted by Gasteiger charge is 2.42. The van der Waals surface area contributed by atoms with Crippen LogP contribution in [0.4, 0.5) is 0 Å². The number of phenolic OH excluding ortho intramolecular Hbond substituents is 1. The molecule has 2 heterocycles. The van der Waals surface area contributed by atoms with Gasteiger partial charge in [-0.3, -0.25) is 9.89 Å². The number of fused-ring (bicyclic) bond motifs is 1. The van der Waals surface area contributed by atoms with Crippen LogP contribution < -0.4 is 9.47 Å². The van der Waals surface area contributed by atoms with Crippen LogP contribution in [-0.4, -0.2) is 59.6 Å². The minimum absolute atomic E-state index is 0.101. The Balaban J connectivity index is 1.79. The molecule has 4 rings (SSSR count). The third kappa shape index (κ3) is 4.36. The number of aromatic amines is 1. The van der Waals surface area contributed by atoms with Crippen LogP contribution in [0.1, 0.15) is 41.0 Å². The zero-order valence-corrected chi connectivity index (χ0v) is 19.4. The van der Waals surface area contributed by atoms with Crippen LogP contribution in [-0.2, 0) is 4.74 Å². The SMILES string of the molecule is C=CCOc1ccc([C@@H]2c3c(-c4ccccc4O)n[nH]c3C(=O)N2CCCOCC)cc1OC. The monoisotopic (exact) mass is 463 g/mol. The van der Waals surface area contributed by atoms with Crippen molar-refractivity contribution in [3.63, 3.8) is 0 Å². The Bertz CT molecular complexity index is 1170. The van der Waals surface area contributed by atoms with Gasteiger partial charge in [-0.25, -0.2) is 0 Å². The van der Waals surface area contributed by atoms with Crippen molar-refractivity contribution in [1.82, 2.24) is 15.1 Å². The van der Waals surface area contributed by atoms with Gasteiger partial charge in [-0.2, -0.15) is 5.10 Å². The van der Waals surface area contributed by atoms with Crippen molar-refractivity contribution in [2.75, 3.05) is 33.5 Å². The minimum atomic E-state index is -0.417. The number of H-pyrrole nitrogens is 1. The van der Waals surface area contributed by atoms with Gasteiger partial charge in [0.2, 0.25) is 0 Å². The van der Waals surface area contributed by atoms with Gasteiger partial charge in [0.05, 0.1) is 13.2 Å². The van der Waals surface area contributed by atoms with Crippen LogP contribution in [0.5, 0.6) is 17.2 Å². The van der Waals surface area contributed by atoms with Crippen molar-refractivity contribution >= 4 is 5.91 Å². The molecule has 1 aliphatic rings. The van der Waals surface area contributed by atoms with Crippen molar-refractivity contribution in [1.29, 1.82) is 0 Å². The lowest BCUT2D eigenvalue weighted by atomic mass is 9.95. The molecule has 1 aromatic heterocycles. The third-order valence-electron chi connectivity index (χ3n) is 5.77. The summed E-state index contributed by atoms with van der Waals surface area (Å²) in [5, 5.41) is 17.8. The fourth-order valence-corrected chi connectivity index (χ4v) is 4.26. The summed E-state index contributed by atoms with van der Waals surface area (Å²) in [6.45, 7) is 7.67. The zero-order valence-electron chi connectivity index (χ0n) is 19.4. The number of rotatable bonds is 11. The van der Waals surface area contributed by atoms with Crippen molar-refractivity contribution < 1.29 is 24.1 Å². The van der Waals surface area contributed by atoms with E-state index < -0.39 is 6.04 Å². The van der Waals surface area contributed by atoms with Crippen LogP contribution >= 0.6 is 0 Å². The topological polar surface area (TPSA) is 96.9 Å². The van der Waals surface area contributed by atoms with Crippen molar-refractivity contribution in [2.24, 2.45) is 0 Å². The Morgan fingerprint density at radius 2 is 2.06 bits per heavy atom. The standard InChI is InChI=1S/C26H29N3O5/c1-4-14-34-20-12-11-17(16-21(20)32-3)25-22-23(18-9-6-7-10-19(18)30)27-28-24(22)26(31)29(25)13-8-15-33-5-2/h4,6-7,9-12,16,25,30H,1,5,8,13-15H2,2-3H3,(H,27,28)/t25-/m1/s1. The summed E-state index contributed by atoms with van der Waals surface area (Å²) in [5.74, 6) is 1.11. The number of nitrogens with zero attached hydrogens (tertiary/aromatic N) is 2. The van der Waals surface area contributed by atoms with Crippen molar-refractivity contribution in [3.8, 4) is 28.5 Å². The molecule has 0 spiro atoms. The number of aromatic hydroxyl groups is 1. The first-order valence-corrected chi connectivity index (χ1v) is 11.3. The molecular weight excluding hydrogens is 434 g/mol. The molecule has 1 amide bonds. The van der Waals surface area contributed by atoms with Gasteiger partial charge in [-0.05, 0) is 43.2 Å². The zero-order chi connectivity index (χ0) is 24.1. The van der Waals surface area contributed by atoms with Crippen LogP contribution in [0.15, 0.2) is 55.1 Å². The maximum Gasteiger partial charge on any atom is 0.273 e. The van der Waals surface area contributed by atoms with Gasteiger partial charge in [-0.15, -0.1) is 0 Å². The molecule has 0 saturated heterocycles. The van der Waals surface area contributed by atoms with Gasteiger partial charge >= 0.3 is 0 Å². The number of aromatic nitrogens is 2. The van der Waals surface area contributed by atoms with Gasteiger partial charge in [0, 0.05) is 30.9 Å². The van der Waals surface area contributed by atoms with Crippen LogP contribution in [0.2, 0.25) is 0 Å². The quantitative estimate of drug-likeness (QED) is 0.325. The number of carbonyl (C=O) groups is 1. The molecule has 2 aromatic carbocycles. The van der Waals surface area contributed by atoms with E-state index in [9.17, 15) is 9.90 Å². The molecule has 2 N–H and O–H groups in total. The van der Waals surface area contributed by atoms with Crippen LogP contribution in [0.3, 0.4) is 0 Å². The van der Waals surface area contributed by atoms with Crippen LogP contribution in [0.25, 0.3) is 11.3 Å². The first-order chi connectivity index (χ1) is 16.6. The lowest BCUT2D eigenvalue weighted by Crippen LogP contribution is -2.31. The summed E-state index contributed by atoms with van der Waals surface area (Å²) in [6, 6.07) is 12.2. The molecule has 34 heavy (non-hydrogen) atoms. The summed E-state index contributed by atoms with van der Waals surface area (Å²) in [5.41, 5.74) is 3.11. The largest absolute Gasteiger partial charge is 0.507 e.